The van der Waals surface area contributed by atoms with E-state index in [0.717, 1.165) is 16.8 Å². The number of H-pyrrole nitrogens is 1. The molecule has 16 heavy (non-hydrogen) atoms. The van der Waals surface area contributed by atoms with Crippen LogP contribution in [0.4, 0.5) is 0 Å². The molecule has 1 aromatic rings. The number of hydrogen-bond donors (Lipinski definition) is 2. The van der Waals surface area contributed by atoms with Gasteiger partial charge in [0.15, 0.2) is 6.10 Å². The molecule has 1 atom stereocenters. The Morgan fingerprint density at radius 3 is 2.38 bits per heavy atom. The molecule has 0 aliphatic rings. The first kappa shape index (κ1) is 12.8. The van der Waals surface area contributed by atoms with Gasteiger partial charge in [0.1, 0.15) is 0 Å². The lowest BCUT2D eigenvalue weighted by Gasteiger charge is -2.31. The minimum atomic E-state index is -0.937. The normalized spacial score (nSPS) is 13.8. The average molecular weight is 225 g/mol. The van der Waals surface area contributed by atoms with Crippen molar-refractivity contribution in [1.29, 1.82) is 0 Å². The average Bonchev–Trinajstić information content (AvgIpc) is 2.46. The van der Waals surface area contributed by atoms with Gasteiger partial charge in [-0.1, -0.05) is 13.8 Å². The SMILES string of the molecule is COC(C(=O)O)C(C)(C)c1c(C)c[nH]c1C. The fourth-order valence-electron chi connectivity index (χ4n) is 2.48. The maximum Gasteiger partial charge on any atom is 0.333 e. The highest BCUT2D eigenvalue weighted by molar-refractivity contribution is 5.75. The Bertz CT molecular complexity index is 373. The van der Waals surface area contributed by atoms with Gasteiger partial charge in [-0.15, -0.1) is 0 Å². The molecular weight excluding hydrogens is 206 g/mol. The number of nitrogens with one attached hydrogen (secondary N) is 1. The Morgan fingerprint density at radius 1 is 1.50 bits per heavy atom. The van der Waals surface area contributed by atoms with E-state index < -0.39 is 17.5 Å². The van der Waals surface area contributed by atoms with Crippen LogP contribution in [0.15, 0.2) is 6.20 Å². The van der Waals surface area contributed by atoms with Gasteiger partial charge < -0.3 is 14.8 Å². The van der Waals surface area contributed by atoms with Crippen molar-refractivity contribution in [2.75, 3.05) is 7.11 Å². The van der Waals surface area contributed by atoms with Crippen molar-refractivity contribution in [2.45, 2.75) is 39.2 Å². The standard InChI is InChI=1S/C12H19NO3/c1-7-6-13-8(2)9(7)12(3,4)10(16-5)11(14)15/h6,10,13H,1-5H3,(H,14,15). The van der Waals surface area contributed by atoms with Gasteiger partial charge in [-0.2, -0.15) is 0 Å². The molecule has 0 saturated heterocycles. The van der Waals surface area contributed by atoms with E-state index in [0.29, 0.717) is 0 Å². The zero-order valence-corrected chi connectivity index (χ0v) is 10.4. The van der Waals surface area contributed by atoms with E-state index in [1.807, 2.05) is 33.9 Å². The highest BCUT2D eigenvalue weighted by Crippen LogP contribution is 2.33. The number of aromatic nitrogens is 1. The Labute approximate surface area is 95.6 Å². The summed E-state index contributed by atoms with van der Waals surface area (Å²) < 4.78 is 5.10. The Kier molecular flexibility index (Phi) is 3.43. The maximum atomic E-state index is 11.2. The second-order valence-electron chi connectivity index (χ2n) is 4.65. The lowest BCUT2D eigenvalue weighted by atomic mass is 9.77. The second-order valence-corrected chi connectivity index (χ2v) is 4.65. The highest BCUT2D eigenvalue weighted by atomic mass is 16.5. The third-order valence-electron chi connectivity index (χ3n) is 3.03. The molecule has 1 aromatic heterocycles. The van der Waals surface area contributed by atoms with Crippen molar-refractivity contribution in [2.24, 2.45) is 0 Å². The molecule has 0 aliphatic carbocycles. The number of hydrogen-bond acceptors (Lipinski definition) is 2. The summed E-state index contributed by atoms with van der Waals surface area (Å²) in [5.41, 5.74) is 2.51. The summed E-state index contributed by atoms with van der Waals surface area (Å²) in [6, 6.07) is 0. The molecule has 0 radical (unpaired) electrons. The molecular formula is C12H19NO3. The molecule has 0 aliphatic heterocycles. The lowest BCUT2D eigenvalue weighted by molar-refractivity contribution is -0.152. The molecule has 90 valence electrons. The Morgan fingerprint density at radius 2 is 2.06 bits per heavy atom. The summed E-state index contributed by atoms with van der Waals surface area (Å²) in [4.78, 5) is 14.3. The van der Waals surface area contributed by atoms with E-state index in [1.54, 1.807) is 0 Å². The van der Waals surface area contributed by atoms with Crippen LogP contribution in [0.25, 0.3) is 0 Å². The van der Waals surface area contributed by atoms with E-state index in [4.69, 9.17) is 9.84 Å². The number of aliphatic carboxylic acids is 1. The first-order chi connectivity index (χ1) is 7.32. The molecule has 4 nitrogen and oxygen atoms in total. The van der Waals surface area contributed by atoms with Crippen LogP contribution in [0, 0.1) is 13.8 Å². The largest absolute Gasteiger partial charge is 0.479 e. The quantitative estimate of drug-likeness (QED) is 0.824. The topological polar surface area (TPSA) is 62.3 Å². The molecule has 0 saturated carbocycles. The zero-order chi connectivity index (χ0) is 12.5. The number of aryl methyl sites for hydroxylation is 2. The van der Waals surface area contributed by atoms with Gasteiger partial charge in [-0.25, -0.2) is 4.79 Å². The number of ether oxygens (including phenoxy) is 1. The summed E-state index contributed by atoms with van der Waals surface area (Å²) in [5.74, 6) is -0.937. The van der Waals surface area contributed by atoms with Crippen LogP contribution in [0.5, 0.6) is 0 Å². The van der Waals surface area contributed by atoms with Crippen LogP contribution < -0.4 is 0 Å². The molecule has 0 aromatic carbocycles. The maximum absolute atomic E-state index is 11.2. The summed E-state index contributed by atoms with van der Waals surface area (Å²) in [6.07, 6.45) is 1.04. The number of carbonyl (C=O) groups is 1. The van der Waals surface area contributed by atoms with E-state index in [-0.39, 0.29) is 0 Å². The van der Waals surface area contributed by atoms with E-state index in [9.17, 15) is 4.79 Å². The van der Waals surface area contributed by atoms with Crippen LogP contribution in [0.1, 0.15) is 30.7 Å². The number of methoxy groups -OCH3 is 1. The summed E-state index contributed by atoms with van der Waals surface area (Å²) >= 11 is 0. The van der Waals surface area contributed by atoms with Crippen molar-refractivity contribution in [1.82, 2.24) is 4.98 Å². The van der Waals surface area contributed by atoms with E-state index >= 15 is 0 Å². The third-order valence-corrected chi connectivity index (χ3v) is 3.03. The summed E-state index contributed by atoms with van der Waals surface area (Å²) in [7, 11) is 1.43. The molecule has 4 heteroatoms. The predicted octanol–water partition coefficient (Wildman–Crippen LogP) is 2.01. The number of carboxylic acids is 1. The van der Waals surface area contributed by atoms with Gasteiger partial charge in [-0.05, 0) is 25.0 Å². The summed E-state index contributed by atoms with van der Waals surface area (Å²) in [5, 5.41) is 9.15. The first-order valence-corrected chi connectivity index (χ1v) is 5.23. The minimum Gasteiger partial charge on any atom is -0.479 e. The molecule has 2 N–H and O–H groups in total. The highest BCUT2D eigenvalue weighted by Gasteiger charge is 2.39. The van der Waals surface area contributed by atoms with Crippen LogP contribution in [0.3, 0.4) is 0 Å². The molecule has 1 rings (SSSR count). The van der Waals surface area contributed by atoms with Crippen molar-refractivity contribution in [3.05, 3.63) is 23.0 Å². The predicted molar refractivity (Wildman–Crippen MR) is 61.7 cm³/mol. The first-order valence-electron chi connectivity index (χ1n) is 5.23. The Balaban J connectivity index is 3.24. The fourth-order valence-corrected chi connectivity index (χ4v) is 2.48. The third kappa shape index (κ3) is 1.97. The molecule has 0 bridgehead atoms. The van der Waals surface area contributed by atoms with Gasteiger partial charge >= 0.3 is 5.97 Å². The van der Waals surface area contributed by atoms with Crippen LogP contribution in [0.2, 0.25) is 0 Å². The van der Waals surface area contributed by atoms with E-state index in [2.05, 4.69) is 4.98 Å². The zero-order valence-electron chi connectivity index (χ0n) is 10.4. The molecule has 0 fully saturated rings. The van der Waals surface area contributed by atoms with Crippen LogP contribution >= 0.6 is 0 Å². The molecule has 1 heterocycles. The molecule has 0 spiro atoms. The number of aromatic amines is 1. The second kappa shape index (κ2) is 4.29. The number of rotatable bonds is 4. The lowest BCUT2D eigenvalue weighted by Crippen LogP contribution is -2.42. The Hall–Kier alpha value is -1.29. The van der Waals surface area contributed by atoms with Crippen LogP contribution in [-0.2, 0) is 14.9 Å². The fraction of sp³-hybridized carbons (Fsp3) is 0.583. The van der Waals surface area contributed by atoms with Gasteiger partial charge in [0, 0.05) is 24.4 Å². The smallest absolute Gasteiger partial charge is 0.333 e. The molecule has 1 unspecified atom stereocenters. The van der Waals surface area contributed by atoms with Crippen molar-refractivity contribution >= 4 is 5.97 Å². The molecule has 0 amide bonds. The van der Waals surface area contributed by atoms with E-state index in [1.165, 1.54) is 7.11 Å². The van der Waals surface area contributed by atoms with Crippen LogP contribution in [-0.4, -0.2) is 29.3 Å². The minimum absolute atomic E-state index is 0.561. The van der Waals surface area contributed by atoms with Gasteiger partial charge in [-0.3, -0.25) is 0 Å². The summed E-state index contributed by atoms with van der Waals surface area (Å²) in [6.45, 7) is 7.69. The van der Waals surface area contributed by atoms with Crippen molar-refractivity contribution in [3.63, 3.8) is 0 Å². The van der Waals surface area contributed by atoms with Crippen molar-refractivity contribution in [3.8, 4) is 0 Å². The van der Waals surface area contributed by atoms with Gasteiger partial charge in [0.25, 0.3) is 0 Å². The number of carboxylic acid groups (broad SMARTS) is 1. The monoisotopic (exact) mass is 225 g/mol. The van der Waals surface area contributed by atoms with Crippen molar-refractivity contribution < 1.29 is 14.6 Å². The van der Waals surface area contributed by atoms with Gasteiger partial charge in [0.05, 0.1) is 0 Å². The van der Waals surface area contributed by atoms with Gasteiger partial charge in [0.2, 0.25) is 0 Å².